The van der Waals surface area contributed by atoms with Crippen molar-refractivity contribution < 1.29 is 23.0 Å². The molecule has 80 valence electrons. The average molecular weight is 206 g/mol. The Morgan fingerprint density at radius 2 is 2.14 bits per heavy atom. The van der Waals surface area contributed by atoms with Gasteiger partial charge in [0.15, 0.2) is 0 Å². The van der Waals surface area contributed by atoms with E-state index in [4.69, 9.17) is 14.2 Å². The predicted molar refractivity (Wildman–Crippen MR) is 49.1 cm³/mol. The molecule has 14 heavy (non-hydrogen) atoms. The summed E-state index contributed by atoms with van der Waals surface area (Å²) in [5, 5.41) is 0. The highest BCUT2D eigenvalue weighted by atomic mass is 19.3. The smallest absolute Gasteiger partial charge is 0.274 e. The number of rotatable bonds is 3. The van der Waals surface area contributed by atoms with Crippen molar-refractivity contribution >= 4 is 7.85 Å². The predicted octanol–water partition coefficient (Wildman–Crippen LogP) is 0.156. The lowest BCUT2D eigenvalue weighted by Crippen LogP contribution is -2.28. The zero-order valence-corrected chi connectivity index (χ0v) is 8.42. The van der Waals surface area contributed by atoms with Crippen LogP contribution in [0.3, 0.4) is 0 Å². The van der Waals surface area contributed by atoms with Crippen LogP contribution in [0.2, 0.25) is 0 Å². The van der Waals surface area contributed by atoms with Crippen LogP contribution in [0.4, 0.5) is 8.78 Å². The second kappa shape index (κ2) is 4.86. The Kier molecular flexibility index (Phi) is 4.03. The molecule has 6 heteroatoms. The second-order valence-electron chi connectivity index (χ2n) is 3.14. The maximum absolute atomic E-state index is 12.5. The Hall–Kier alpha value is -0.455. The van der Waals surface area contributed by atoms with Gasteiger partial charge in [-0.1, -0.05) is 0 Å². The molecule has 3 atom stereocenters. The number of methoxy groups -OCH3 is 2. The zero-order chi connectivity index (χ0) is 10.7. The van der Waals surface area contributed by atoms with Gasteiger partial charge in [-0.15, -0.1) is 0 Å². The van der Waals surface area contributed by atoms with Crippen LogP contribution in [0.25, 0.3) is 0 Å². The molecule has 0 amide bonds. The molecule has 0 spiro atoms. The lowest BCUT2D eigenvalue weighted by Gasteiger charge is -2.15. The Morgan fingerprint density at radius 3 is 2.57 bits per heavy atom. The van der Waals surface area contributed by atoms with Crippen molar-refractivity contribution in [1.29, 1.82) is 0 Å². The van der Waals surface area contributed by atoms with E-state index in [1.165, 1.54) is 14.2 Å². The van der Waals surface area contributed by atoms with Crippen LogP contribution in [0.1, 0.15) is 0 Å². The SMILES string of the molecule is B[C@@H]1O[C@H](COC)[C@@H](OC)C1=C(F)F. The van der Waals surface area contributed by atoms with Crippen molar-refractivity contribution in [2.45, 2.75) is 18.2 Å². The van der Waals surface area contributed by atoms with Gasteiger partial charge < -0.3 is 14.2 Å². The molecule has 1 fully saturated rings. The van der Waals surface area contributed by atoms with E-state index < -0.39 is 24.3 Å². The van der Waals surface area contributed by atoms with Crippen LogP contribution in [-0.2, 0) is 14.2 Å². The van der Waals surface area contributed by atoms with Gasteiger partial charge in [-0.05, 0) is 0 Å². The van der Waals surface area contributed by atoms with E-state index >= 15 is 0 Å². The van der Waals surface area contributed by atoms with Crippen molar-refractivity contribution in [3.63, 3.8) is 0 Å². The highest BCUT2D eigenvalue weighted by Gasteiger charge is 2.40. The fraction of sp³-hybridized carbons (Fsp3) is 0.750. The molecule has 0 aliphatic carbocycles. The topological polar surface area (TPSA) is 27.7 Å². The van der Waals surface area contributed by atoms with Gasteiger partial charge in [-0.25, -0.2) is 0 Å². The Balaban J connectivity index is 2.83. The van der Waals surface area contributed by atoms with Crippen LogP contribution >= 0.6 is 0 Å². The fourth-order valence-electron chi connectivity index (χ4n) is 1.67. The summed E-state index contributed by atoms with van der Waals surface area (Å²) in [4.78, 5) is 0. The van der Waals surface area contributed by atoms with Gasteiger partial charge in [-0.3, -0.25) is 0 Å². The Labute approximate surface area is 82.4 Å². The molecular formula is C8H13BF2O3. The molecule has 0 radical (unpaired) electrons. The van der Waals surface area contributed by atoms with E-state index in [0.717, 1.165) is 0 Å². The molecule has 0 saturated carbocycles. The number of hydrogen-bond donors (Lipinski definition) is 0. The maximum Gasteiger partial charge on any atom is 0.274 e. The van der Waals surface area contributed by atoms with E-state index in [1.807, 2.05) is 0 Å². The highest BCUT2D eigenvalue weighted by Crippen LogP contribution is 2.30. The van der Waals surface area contributed by atoms with Crippen LogP contribution in [-0.4, -0.2) is 46.9 Å². The molecule has 1 rings (SSSR count). The summed E-state index contributed by atoms with van der Waals surface area (Å²) in [7, 11) is 4.46. The monoisotopic (exact) mass is 206 g/mol. The van der Waals surface area contributed by atoms with E-state index in [2.05, 4.69) is 0 Å². The van der Waals surface area contributed by atoms with Crippen molar-refractivity contribution in [3.8, 4) is 0 Å². The quantitative estimate of drug-likeness (QED) is 0.615. The zero-order valence-electron chi connectivity index (χ0n) is 8.42. The minimum absolute atomic E-state index is 0.0745. The minimum Gasteiger partial charge on any atom is -0.382 e. The van der Waals surface area contributed by atoms with E-state index in [9.17, 15) is 8.78 Å². The molecule has 1 heterocycles. The van der Waals surface area contributed by atoms with Gasteiger partial charge in [0.25, 0.3) is 6.08 Å². The third kappa shape index (κ3) is 2.13. The van der Waals surface area contributed by atoms with Crippen LogP contribution in [0, 0.1) is 0 Å². The van der Waals surface area contributed by atoms with Crippen molar-refractivity contribution in [2.24, 2.45) is 0 Å². The fourth-order valence-corrected chi connectivity index (χ4v) is 1.67. The van der Waals surface area contributed by atoms with Crippen LogP contribution in [0.15, 0.2) is 11.7 Å². The maximum atomic E-state index is 12.5. The summed E-state index contributed by atoms with van der Waals surface area (Å²) in [6.45, 7) is 0.250. The largest absolute Gasteiger partial charge is 0.382 e. The first kappa shape index (κ1) is 11.6. The van der Waals surface area contributed by atoms with Crippen LogP contribution in [0.5, 0.6) is 0 Å². The van der Waals surface area contributed by atoms with Crippen LogP contribution < -0.4 is 0 Å². The van der Waals surface area contributed by atoms with Gasteiger partial charge in [0.05, 0.1) is 12.6 Å². The summed E-state index contributed by atoms with van der Waals surface area (Å²) < 4.78 is 40.2. The number of ether oxygens (including phenoxy) is 3. The molecule has 0 unspecified atom stereocenters. The second-order valence-corrected chi connectivity index (χ2v) is 3.14. The average Bonchev–Trinajstić information content (AvgIpc) is 2.42. The third-order valence-corrected chi connectivity index (χ3v) is 2.26. The summed E-state index contributed by atoms with van der Waals surface area (Å²) in [6.07, 6.45) is -2.87. The molecule has 1 saturated heterocycles. The third-order valence-electron chi connectivity index (χ3n) is 2.26. The molecule has 1 aliphatic rings. The lowest BCUT2D eigenvalue weighted by atomic mass is 9.91. The summed E-state index contributed by atoms with van der Waals surface area (Å²) >= 11 is 0. The minimum atomic E-state index is -1.72. The lowest BCUT2D eigenvalue weighted by molar-refractivity contribution is -0.0302. The Bertz CT molecular complexity index is 231. The summed E-state index contributed by atoms with van der Waals surface area (Å²) in [5.41, 5.74) is -0.0745. The highest BCUT2D eigenvalue weighted by molar-refractivity contribution is 6.13. The van der Waals surface area contributed by atoms with Gasteiger partial charge in [0.2, 0.25) is 0 Å². The van der Waals surface area contributed by atoms with E-state index in [1.54, 1.807) is 7.85 Å². The van der Waals surface area contributed by atoms with Gasteiger partial charge in [0.1, 0.15) is 20.1 Å². The molecule has 1 aliphatic heterocycles. The Morgan fingerprint density at radius 1 is 1.50 bits per heavy atom. The number of hydrogen-bond acceptors (Lipinski definition) is 3. The first-order chi connectivity index (χ1) is 6.61. The van der Waals surface area contributed by atoms with Gasteiger partial charge >= 0.3 is 0 Å². The molecule has 0 bridgehead atoms. The molecular weight excluding hydrogens is 193 g/mol. The van der Waals surface area contributed by atoms with Crippen molar-refractivity contribution in [1.82, 2.24) is 0 Å². The normalized spacial score (nSPS) is 32.3. The van der Waals surface area contributed by atoms with E-state index in [-0.39, 0.29) is 12.2 Å². The summed E-state index contributed by atoms with van der Waals surface area (Å²) in [6, 6.07) is -0.606. The first-order valence-corrected chi connectivity index (χ1v) is 4.34. The molecule has 0 aromatic rings. The van der Waals surface area contributed by atoms with Crippen molar-refractivity contribution in [2.75, 3.05) is 20.8 Å². The molecule has 3 nitrogen and oxygen atoms in total. The standard InChI is InChI=1S/C8H13BF2O3/c1-12-3-4-6(13-2)5(8(10)11)7(9)14-4/h4,6-7H,3,9H2,1-2H3/t4-,6-,7-/m1/s1. The molecule has 0 N–H and O–H groups in total. The van der Waals surface area contributed by atoms with Gasteiger partial charge in [-0.2, -0.15) is 8.78 Å². The van der Waals surface area contributed by atoms with Crippen molar-refractivity contribution in [3.05, 3.63) is 11.7 Å². The molecule has 0 aromatic carbocycles. The van der Waals surface area contributed by atoms with Gasteiger partial charge in [0, 0.05) is 19.8 Å². The summed E-state index contributed by atoms with van der Waals surface area (Å²) in [5.74, 6) is 0. The molecule has 0 aromatic heterocycles. The van der Waals surface area contributed by atoms with E-state index in [0.29, 0.717) is 0 Å². The number of halogens is 2. The first-order valence-electron chi connectivity index (χ1n) is 4.34.